The first-order valence-corrected chi connectivity index (χ1v) is 8.12. The van der Waals surface area contributed by atoms with Gasteiger partial charge >= 0.3 is 0 Å². The number of rotatable bonds is 8. The highest BCUT2D eigenvalue weighted by atomic mass is 16.5. The lowest BCUT2D eigenvalue weighted by molar-refractivity contribution is -0.159. The van der Waals surface area contributed by atoms with Crippen molar-refractivity contribution >= 4 is 11.8 Å². The van der Waals surface area contributed by atoms with Crippen LogP contribution in [0.5, 0.6) is 0 Å². The summed E-state index contributed by atoms with van der Waals surface area (Å²) in [5.74, 6) is 0.112. The Labute approximate surface area is 128 Å². The minimum atomic E-state index is -0.767. The number of hydrogen-bond acceptors (Lipinski definition) is 3. The third-order valence-electron chi connectivity index (χ3n) is 4.61. The number of nitrogens with one attached hydrogen (secondary N) is 1. The molecule has 0 saturated carbocycles. The Morgan fingerprint density at radius 1 is 1.29 bits per heavy atom. The predicted octanol–water partition coefficient (Wildman–Crippen LogP) is 1.95. The summed E-state index contributed by atoms with van der Waals surface area (Å²) in [6.45, 7) is 11.5. The van der Waals surface area contributed by atoms with Crippen LogP contribution >= 0.6 is 0 Å². The maximum atomic E-state index is 12.8. The molecule has 0 spiro atoms. The Morgan fingerprint density at radius 2 is 1.95 bits per heavy atom. The average Bonchev–Trinajstić information content (AvgIpc) is 2.49. The first kappa shape index (κ1) is 18.0. The molecule has 1 heterocycles. The summed E-state index contributed by atoms with van der Waals surface area (Å²) in [5, 5.41) is 2.92. The standard InChI is InChI=1S/C16H30N2O3/c1-6-10-21-11-9-18-14(19)13(12(4)7-2)17-15(20)16(18,5)8-3/h12-13H,6-11H2,1-5H3,(H,17,20). The number of amides is 2. The van der Waals surface area contributed by atoms with Crippen LogP contribution in [0.1, 0.15) is 53.9 Å². The van der Waals surface area contributed by atoms with Crippen molar-refractivity contribution in [2.75, 3.05) is 19.8 Å². The molecular formula is C16H30N2O3. The van der Waals surface area contributed by atoms with Gasteiger partial charge in [-0.05, 0) is 25.7 Å². The van der Waals surface area contributed by atoms with E-state index in [-0.39, 0.29) is 17.7 Å². The molecule has 1 aliphatic rings. The predicted molar refractivity (Wildman–Crippen MR) is 82.9 cm³/mol. The van der Waals surface area contributed by atoms with Gasteiger partial charge in [-0.25, -0.2) is 0 Å². The van der Waals surface area contributed by atoms with Crippen molar-refractivity contribution < 1.29 is 14.3 Å². The zero-order valence-corrected chi connectivity index (χ0v) is 14.1. The molecule has 21 heavy (non-hydrogen) atoms. The zero-order valence-electron chi connectivity index (χ0n) is 14.1. The van der Waals surface area contributed by atoms with E-state index in [1.807, 2.05) is 27.7 Å². The van der Waals surface area contributed by atoms with Crippen molar-refractivity contribution in [1.29, 1.82) is 0 Å². The monoisotopic (exact) mass is 298 g/mol. The Bertz CT molecular complexity index is 373. The van der Waals surface area contributed by atoms with Gasteiger partial charge in [0.2, 0.25) is 11.8 Å². The average molecular weight is 298 g/mol. The van der Waals surface area contributed by atoms with Crippen molar-refractivity contribution in [2.24, 2.45) is 5.92 Å². The highest BCUT2D eigenvalue weighted by molar-refractivity contribution is 5.99. The van der Waals surface area contributed by atoms with Gasteiger partial charge in [0.1, 0.15) is 11.6 Å². The largest absolute Gasteiger partial charge is 0.380 e. The number of nitrogens with zero attached hydrogens (tertiary/aromatic N) is 1. The van der Waals surface area contributed by atoms with E-state index < -0.39 is 11.6 Å². The van der Waals surface area contributed by atoms with Crippen LogP contribution in [-0.4, -0.2) is 48.1 Å². The fourth-order valence-corrected chi connectivity index (χ4v) is 2.62. The van der Waals surface area contributed by atoms with Gasteiger partial charge in [-0.15, -0.1) is 0 Å². The Balaban J connectivity index is 2.88. The smallest absolute Gasteiger partial charge is 0.246 e. The van der Waals surface area contributed by atoms with Crippen LogP contribution in [0.3, 0.4) is 0 Å². The minimum Gasteiger partial charge on any atom is -0.380 e. The van der Waals surface area contributed by atoms with Crippen LogP contribution in [0.2, 0.25) is 0 Å². The number of piperazine rings is 1. The Morgan fingerprint density at radius 3 is 2.48 bits per heavy atom. The lowest BCUT2D eigenvalue weighted by Crippen LogP contribution is -2.70. The molecule has 5 nitrogen and oxygen atoms in total. The van der Waals surface area contributed by atoms with Crippen molar-refractivity contribution in [2.45, 2.75) is 65.5 Å². The highest BCUT2D eigenvalue weighted by Gasteiger charge is 2.48. The van der Waals surface area contributed by atoms with Gasteiger partial charge in [0, 0.05) is 13.2 Å². The molecule has 0 aromatic rings. The summed E-state index contributed by atoms with van der Waals surface area (Å²) in [7, 11) is 0. The summed E-state index contributed by atoms with van der Waals surface area (Å²) in [4.78, 5) is 27.0. The molecule has 1 N–H and O–H groups in total. The number of carbonyl (C=O) groups is 2. The molecule has 122 valence electrons. The van der Waals surface area contributed by atoms with Gasteiger partial charge in [0.25, 0.3) is 0 Å². The third-order valence-corrected chi connectivity index (χ3v) is 4.61. The molecule has 0 aromatic heterocycles. The van der Waals surface area contributed by atoms with E-state index >= 15 is 0 Å². The molecule has 1 rings (SSSR count). The number of carbonyl (C=O) groups excluding carboxylic acids is 2. The van der Waals surface area contributed by atoms with Crippen molar-refractivity contribution in [1.82, 2.24) is 10.2 Å². The van der Waals surface area contributed by atoms with Crippen molar-refractivity contribution in [3.63, 3.8) is 0 Å². The van der Waals surface area contributed by atoms with Crippen LogP contribution in [0.25, 0.3) is 0 Å². The molecule has 0 radical (unpaired) electrons. The van der Waals surface area contributed by atoms with E-state index in [2.05, 4.69) is 12.2 Å². The van der Waals surface area contributed by atoms with Gasteiger partial charge in [-0.1, -0.05) is 34.1 Å². The van der Waals surface area contributed by atoms with Crippen LogP contribution in [0.4, 0.5) is 0 Å². The van der Waals surface area contributed by atoms with Gasteiger partial charge < -0.3 is 15.0 Å². The van der Waals surface area contributed by atoms with Gasteiger partial charge in [-0.3, -0.25) is 9.59 Å². The fourth-order valence-electron chi connectivity index (χ4n) is 2.62. The molecule has 3 atom stereocenters. The first-order chi connectivity index (χ1) is 9.92. The van der Waals surface area contributed by atoms with Crippen molar-refractivity contribution in [3.05, 3.63) is 0 Å². The number of ether oxygens (including phenoxy) is 1. The van der Waals surface area contributed by atoms with E-state index in [1.54, 1.807) is 4.90 Å². The SMILES string of the molecule is CCCOCCN1C(=O)C(C(C)CC)NC(=O)C1(C)CC. The second-order valence-electron chi connectivity index (χ2n) is 6.07. The molecule has 2 amide bonds. The maximum Gasteiger partial charge on any atom is 0.246 e. The molecule has 1 fully saturated rings. The third kappa shape index (κ3) is 3.76. The van der Waals surface area contributed by atoms with Gasteiger partial charge in [0.15, 0.2) is 0 Å². The Kier molecular flexibility index (Phi) is 6.65. The van der Waals surface area contributed by atoms with E-state index in [0.717, 1.165) is 12.8 Å². The first-order valence-electron chi connectivity index (χ1n) is 8.12. The summed E-state index contributed by atoms with van der Waals surface area (Å²) >= 11 is 0. The van der Waals surface area contributed by atoms with Crippen LogP contribution in [0, 0.1) is 5.92 Å². The Hall–Kier alpha value is -1.10. The highest BCUT2D eigenvalue weighted by Crippen LogP contribution is 2.27. The quantitative estimate of drug-likeness (QED) is 0.697. The molecule has 3 unspecified atom stereocenters. The zero-order chi connectivity index (χ0) is 16.0. The second-order valence-corrected chi connectivity index (χ2v) is 6.07. The lowest BCUT2D eigenvalue weighted by Gasteiger charge is -2.47. The van der Waals surface area contributed by atoms with Gasteiger partial charge in [-0.2, -0.15) is 0 Å². The second kappa shape index (κ2) is 7.78. The molecule has 0 aliphatic carbocycles. The summed E-state index contributed by atoms with van der Waals surface area (Å²) in [6, 6.07) is -0.409. The van der Waals surface area contributed by atoms with Crippen LogP contribution < -0.4 is 5.32 Å². The summed E-state index contributed by atoms with van der Waals surface area (Å²) in [6.07, 6.45) is 2.42. The molecule has 5 heteroatoms. The maximum absolute atomic E-state index is 12.8. The normalized spacial score (nSPS) is 27.7. The fraction of sp³-hybridized carbons (Fsp3) is 0.875. The van der Waals surface area contributed by atoms with E-state index in [0.29, 0.717) is 26.2 Å². The van der Waals surface area contributed by atoms with E-state index in [4.69, 9.17) is 4.74 Å². The van der Waals surface area contributed by atoms with E-state index in [9.17, 15) is 9.59 Å². The molecular weight excluding hydrogens is 268 g/mol. The van der Waals surface area contributed by atoms with E-state index in [1.165, 1.54) is 0 Å². The topological polar surface area (TPSA) is 58.6 Å². The van der Waals surface area contributed by atoms with Crippen LogP contribution in [0.15, 0.2) is 0 Å². The molecule has 1 saturated heterocycles. The van der Waals surface area contributed by atoms with Crippen LogP contribution in [-0.2, 0) is 14.3 Å². The summed E-state index contributed by atoms with van der Waals surface area (Å²) in [5.41, 5.74) is -0.767. The number of hydrogen-bond donors (Lipinski definition) is 1. The molecule has 1 aliphatic heterocycles. The minimum absolute atomic E-state index is 0.0217. The molecule has 0 aromatic carbocycles. The van der Waals surface area contributed by atoms with Gasteiger partial charge in [0.05, 0.1) is 6.61 Å². The summed E-state index contributed by atoms with van der Waals surface area (Å²) < 4.78 is 5.50. The van der Waals surface area contributed by atoms with Crippen molar-refractivity contribution in [3.8, 4) is 0 Å². The molecule has 0 bridgehead atoms. The lowest BCUT2D eigenvalue weighted by atomic mass is 9.86.